The Kier molecular flexibility index (Phi) is 2.19. The van der Waals surface area contributed by atoms with Gasteiger partial charge in [-0.2, -0.15) is 0 Å². The Morgan fingerprint density at radius 3 is 2.73 bits per heavy atom. The molecular weight excluding hydrogens is 140 g/mol. The standard InChI is InChI=1S/C8H12N2O/c1-5-3-6(2)10-8(11)7(5)4-9/h3,7H,4,9H2,1-2H3. The fourth-order valence-corrected chi connectivity index (χ4v) is 1.20. The van der Waals surface area contributed by atoms with E-state index in [9.17, 15) is 4.79 Å². The normalized spacial score (nSPS) is 24.6. The molecule has 1 heterocycles. The van der Waals surface area contributed by atoms with Gasteiger partial charge < -0.3 is 5.73 Å². The largest absolute Gasteiger partial charge is 0.329 e. The van der Waals surface area contributed by atoms with Gasteiger partial charge in [-0.15, -0.1) is 0 Å². The maximum atomic E-state index is 11.1. The molecular formula is C8H12N2O. The minimum absolute atomic E-state index is 0.106. The van der Waals surface area contributed by atoms with Crippen LogP contribution in [0.1, 0.15) is 13.8 Å². The molecule has 0 saturated heterocycles. The zero-order valence-corrected chi connectivity index (χ0v) is 6.79. The molecule has 2 N–H and O–H groups in total. The Hall–Kier alpha value is -0.960. The van der Waals surface area contributed by atoms with Crippen LogP contribution in [0.4, 0.5) is 0 Å². The number of hydrogen-bond donors (Lipinski definition) is 1. The van der Waals surface area contributed by atoms with E-state index >= 15 is 0 Å². The lowest BCUT2D eigenvalue weighted by atomic mass is 9.96. The molecule has 0 saturated carbocycles. The first-order valence-electron chi connectivity index (χ1n) is 3.62. The summed E-state index contributed by atoms with van der Waals surface area (Å²) in [5.41, 5.74) is 7.19. The van der Waals surface area contributed by atoms with Crippen molar-refractivity contribution in [1.82, 2.24) is 0 Å². The van der Waals surface area contributed by atoms with Gasteiger partial charge in [0, 0.05) is 12.3 Å². The molecule has 0 radical (unpaired) electrons. The predicted molar refractivity (Wildman–Crippen MR) is 44.4 cm³/mol. The van der Waals surface area contributed by atoms with Crippen LogP contribution in [0.3, 0.4) is 0 Å². The lowest BCUT2D eigenvalue weighted by molar-refractivity contribution is -0.120. The molecule has 0 spiro atoms. The first kappa shape index (κ1) is 8.14. The van der Waals surface area contributed by atoms with Crippen molar-refractivity contribution < 1.29 is 4.79 Å². The summed E-state index contributed by atoms with van der Waals surface area (Å²) < 4.78 is 0. The van der Waals surface area contributed by atoms with Gasteiger partial charge in [-0.1, -0.05) is 5.57 Å². The topological polar surface area (TPSA) is 55.5 Å². The molecule has 3 heteroatoms. The summed E-state index contributed by atoms with van der Waals surface area (Å²) in [6.45, 7) is 4.08. The second kappa shape index (κ2) is 2.96. The van der Waals surface area contributed by atoms with Gasteiger partial charge in [0.1, 0.15) is 0 Å². The Balaban J connectivity index is 2.91. The number of dihydropyridines is 1. The maximum Gasteiger partial charge on any atom is 0.254 e. The minimum Gasteiger partial charge on any atom is -0.329 e. The number of aliphatic imine (C=N–C) groups is 1. The van der Waals surface area contributed by atoms with Crippen LogP contribution in [0.2, 0.25) is 0 Å². The fraction of sp³-hybridized carbons (Fsp3) is 0.500. The number of amides is 1. The lowest BCUT2D eigenvalue weighted by Crippen LogP contribution is -2.26. The van der Waals surface area contributed by atoms with E-state index in [0.717, 1.165) is 11.3 Å². The second-order valence-corrected chi connectivity index (χ2v) is 2.77. The summed E-state index contributed by atoms with van der Waals surface area (Å²) in [6, 6.07) is 0. The van der Waals surface area contributed by atoms with Gasteiger partial charge in [0.05, 0.1) is 5.92 Å². The third kappa shape index (κ3) is 1.54. The van der Waals surface area contributed by atoms with Crippen molar-refractivity contribution in [2.24, 2.45) is 16.6 Å². The maximum absolute atomic E-state index is 11.1. The molecule has 3 nitrogen and oxygen atoms in total. The smallest absolute Gasteiger partial charge is 0.254 e. The van der Waals surface area contributed by atoms with Crippen molar-refractivity contribution in [2.75, 3.05) is 6.54 Å². The molecule has 1 unspecified atom stereocenters. The van der Waals surface area contributed by atoms with Crippen LogP contribution in [0, 0.1) is 5.92 Å². The molecule has 0 aromatic heterocycles. The first-order valence-corrected chi connectivity index (χ1v) is 3.62. The number of rotatable bonds is 1. The van der Waals surface area contributed by atoms with E-state index in [4.69, 9.17) is 5.73 Å². The van der Waals surface area contributed by atoms with Crippen LogP contribution in [0.25, 0.3) is 0 Å². The summed E-state index contributed by atoms with van der Waals surface area (Å²) in [5, 5.41) is 0. The molecule has 0 bridgehead atoms. The molecule has 1 aliphatic heterocycles. The number of nitrogens with two attached hydrogens (primary N) is 1. The third-order valence-electron chi connectivity index (χ3n) is 1.81. The van der Waals surface area contributed by atoms with Crippen molar-refractivity contribution in [3.8, 4) is 0 Å². The van der Waals surface area contributed by atoms with Crippen molar-refractivity contribution in [2.45, 2.75) is 13.8 Å². The van der Waals surface area contributed by atoms with E-state index in [0.29, 0.717) is 6.54 Å². The van der Waals surface area contributed by atoms with Crippen LogP contribution >= 0.6 is 0 Å². The molecule has 0 aromatic carbocycles. The van der Waals surface area contributed by atoms with Crippen LogP contribution in [0.5, 0.6) is 0 Å². The Morgan fingerprint density at radius 2 is 2.27 bits per heavy atom. The molecule has 0 fully saturated rings. The molecule has 11 heavy (non-hydrogen) atoms. The van der Waals surface area contributed by atoms with E-state index < -0.39 is 0 Å². The van der Waals surface area contributed by atoms with Crippen LogP contribution < -0.4 is 5.73 Å². The summed E-state index contributed by atoms with van der Waals surface area (Å²) in [4.78, 5) is 14.9. The third-order valence-corrected chi connectivity index (χ3v) is 1.81. The van der Waals surface area contributed by atoms with Gasteiger partial charge >= 0.3 is 0 Å². The highest BCUT2D eigenvalue weighted by Crippen LogP contribution is 2.15. The molecule has 1 aliphatic rings. The number of carbonyl (C=O) groups is 1. The highest BCUT2D eigenvalue weighted by molar-refractivity contribution is 6.05. The Labute approximate surface area is 66.0 Å². The molecule has 1 rings (SSSR count). The lowest BCUT2D eigenvalue weighted by Gasteiger charge is -2.15. The second-order valence-electron chi connectivity index (χ2n) is 2.77. The summed E-state index contributed by atoms with van der Waals surface area (Å²) in [7, 11) is 0. The number of hydrogen-bond acceptors (Lipinski definition) is 2. The van der Waals surface area contributed by atoms with E-state index in [1.165, 1.54) is 0 Å². The highest BCUT2D eigenvalue weighted by Gasteiger charge is 2.21. The quantitative estimate of drug-likeness (QED) is 0.595. The van der Waals surface area contributed by atoms with Gasteiger partial charge in [0.2, 0.25) is 0 Å². The number of allylic oxidation sites excluding steroid dienone is 1. The zero-order valence-electron chi connectivity index (χ0n) is 6.79. The number of carbonyl (C=O) groups excluding carboxylic acids is 1. The van der Waals surface area contributed by atoms with Gasteiger partial charge in [0.15, 0.2) is 0 Å². The van der Waals surface area contributed by atoms with E-state index in [1.54, 1.807) is 0 Å². The first-order chi connectivity index (χ1) is 5.15. The van der Waals surface area contributed by atoms with E-state index in [-0.39, 0.29) is 11.8 Å². The molecule has 0 aromatic rings. The SMILES string of the molecule is CC1=CC(C)=NC(=O)C1CN. The predicted octanol–water partition coefficient (Wildman–Crippen LogP) is 0.509. The zero-order chi connectivity index (χ0) is 8.43. The Morgan fingerprint density at radius 1 is 1.64 bits per heavy atom. The Bertz CT molecular complexity index is 240. The average molecular weight is 152 g/mol. The van der Waals surface area contributed by atoms with Crippen molar-refractivity contribution in [3.05, 3.63) is 11.6 Å². The minimum atomic E-state index is -0.182. The molecule has 1 atom stereocenters. The van der Waals surface area contributed by atoms with Crippen molar-refractivity contribution >= 4 is 11.6 Å². The van der Waals surface area contributed by atoms with Crippen molar-refractivity contribution in [3.63, 3.8) is 0 Å². The van der Waals surface area contributed by atoms with Gasteiger partial charge in [-0.3, -0.25) is 4.79 Å². The van der Waals surface area contributed by atoms with Crippen LogP contribution in [-0.2, 0) is 4.79 Å². The molecule has 0 aliphatic carbocycles. The van der Waals surface area contributed by atoms with Crippen LogP contribution in [0.15, 0.2) is 16.6 Å². The molecule has 1 amide bonds. The van der Waals surface area contributed by atoms with E-state index in [2.05, 4.69) is 4.99 Å². The molecule has 60 valence electrons. The summed E-state index contributed by atoms with van der Waals surface area (Å²) >= 11 is 0. The van der Waals surface area contributed by atoms with Gasteiger partial charge in [-0.25, -0.2) is 4.99 Å². The van der Waals surface area contributed by atoms with E-state index in [1.807, 2.05) is 19.9 Å². The van der Waals surface area contributed by atoms with Gasteiger partial charge in [0.25, 0.3) is 5.91 Å². The monoisotopic (exact) mass is 152 g/mol. The summed E-state index contributed by atoms with van der Waals surface area (Å²) in [5.74, 6) is -0.288. The average Bonchev–Trinajstić information content (AvgIpc) is 1.85. The fourth-order valence-electron chi connectivity index (χ4n) is 1.20. The van der Waals surface area contributed by atoms with Gasteiger partial charge in [-0.05, 0) is 19.9 Å². The summed E-state index contributed by atoms with van der Waals surface area (Å²) in [6.07, 6.45) is 1.90. The van der Waals surface area contributed by atoms with Crippen LogP contribution in [-0.4, -0.2) is 18.2 Å². The number of nitrogens with zero attached hydrogens (tertiary/aromatic N) is 1. The van der Waals surface area contributed by atoms with Crippen molar-refractivity contribution in [1.29, 1.82) is 0 Å². The highest BCUT2D eigenvalue weighted by atomic mass is 16.1.